The first-order valence-corrected chi connectivity index (χ1v) is 7.13. The van der Waals surface area contributed by atoms with Gasteiger partial charge in [0.1, 0.15) is 0 Å². The summed E-state index contributed by atoms with van der Waals surface area (Å²) in [5.74, 6) is 0. The summed E-state index contributed by atoms with van der Waals surface area (Å²) in [5.41, 5.74) is -0.442. The van der Waals surface area contributed by atoms with Gasteiger partial charge in [-0.25, -0.2) is 4.72 Å². The highest BCUT2D eigenvalue weighted by Gasteiger charge is 2.18. The molecule has 16 heavy (non-hydrogen) atoms. The zero-order valence-electron chi connectivity index (χ0n) is 10.9. The fourth-order valence-electron chi connectivity index (χ4n) is 1.12. The van der Waals surface area contributed by atoms with Crippen molar-refractivity contribution in [3.8, 4) is 0 Å². The van der Waals surface area contributed by atoms with Crippen molar-refractivity contribution in [3.63, 3.8) is 0 Å². The van der Waals surface area contributed by atoms with Crippen molar-refractivity contribution in [2.24, 2.45) is 0 Å². The molecule has 0 saturated heterocycles. The molecule has 3 N–H and O–H groups in total. The topological polar surface area (TPSA) is 70.2 Å². The lowest BCUT2D eigenvalue weighted by Crippen LogP contribution is -2.47. The van der Waals surface area contributed by atoms with Crippen LogP contribution in [0.15, 0.2) is 0 Å². The van der Waals surface area contributed by atoms with Crippen LogP contribution in [0.1, 0.15) is 41.0 Å². The van der Waals surface area contributed by atoms with Gasteiger partial charge in [-0.2, -0.15) is 13.1 Å². The van der Waals surface area contributed by atoms with E-state index in [1.807, 2.05) is 20.8 Å². The van der Waals surface area contributed by atoms with E-state index in [0.29, 0.717) is 12.6 Å². The van der Waals surface area contributed by atoms with Gasteiger partial charge in [0.2, 0.25) is 0 Å². The summed E-state index contributed by atoms with van der Waals surface area (Å²) in [7, 11) is -3.37. The zero-order valence-corrected chi connectivity index (χ0v) is 11.7. The van der Waals surface area contributed by atoms with Gasteiger partial charge in [-0.05, 0) is 33.7 Å². The van der Waals surface area contributed by atoms with Crippen LogP contribution in [0.3, 0.4) is 0 Å². The van der Waals surface area contributed by atoms with E-state index in [1.54, 1.807) is 0 Å². The van der Waals surface area contributed by atoms with Gasteiger partial charge in [0.25, 0.3) is 10.2 Å². The second-order valence-electron chi connectivity index (χ2n) is 5.21. The van der Waals surface area contributed by atoms with Gasteiger partial charge in [0.05, 0.1) is 0 Å². The number of nitrogens with one attached hydrogen (secondary N) is 3. The molecule has 0 aromatic heterocycles. The summed E-state index contributed by atoms with van der Waals surface area (Å²) in [5, 5.41) is 3.22. The third-order valence-corrected chi connectivity index (χ3v) is 3.10. The third-order valence-electron chi connectivity index (χ3n) is 1.64. The number of rotatable bonds is 7. The quantitative estimate of drug-likeness (QED) is 0.580. The van der Waals surface area contributed by atoms with Crippen molar-refractivity contribution in [1.29, 1.82) is 0 Å². The van der Waals surface area contributed by atoms with Crippen LogP contribution in [0.2, 0.25) is 0 Å². The molecule has 0 fully saturated rings. The lowest BCUT2D eigenvalue weighted by molar-refractivity contribution is 0.481. The van der Waals surface area contributed by atoms with Crippen molar-refractivity contribution < 1.29 is 8.42 Å². The minimum Gasteiger partial charge on any atom is -0.314 e. The van der Waals surface area contributed by atoms with Crippen molar-refractivity contribution in [3.05, 3.63) is 0 Å². The molecule has 0 unspecified atom stereocenters. The van der Waals surface area contributed by atoms with E-state index in [0.717, 1.165) is 13.0 Å². The van der Waals surface area contributed by atoms with Crippen molar-refractivity contribution in [1.82, 2.24) is 14.8 Å². The normalized spacial score (nSPS) is 13.4. The van der Waals surface area contributed by atoms with E-state index in [9.17, 15) is 8.42 Å². The maximum atomic E-state index is 11.5. The number of hydrogen-bond donors (Lipinski definition) is 3. The van der Waals surface area contributed by atoms with Gasteiger partial charge in [-0.1, -0.05) is 13.8 Å². The fourth-order valence-corrected chi connectivity index (χ4v) is 2.42. The van der Waals surface area contributed by atoms with Crippen molar-refractivity contribution in [2.75, 3.05) is 13.1 Å². The Kier molecular flexibility index (Phi) is 6.47. The SMILES string of the molecule is CC(C)NCCCNS(=O)(=O)NC(C)(C)C. The average Bonchev–Trinajstić information content (AvgIpc) is 1.97. The molecule has 0 aliphatic rings. The van der Waals surface area contributed by atoms with Crippen molar-refractivity contribution in [2.45, 2.75) is 52.6 Å². The Morgan fingerprint density at radius 2 is 1.69 bits per heavy atom. The molecule has 0 bridgehead atoms. The van der Waals surface area contributed by atoms with E-state index in [4.69, 9.17) is 0 Å². The van der Waals surface area contributed by atoms with Crippen LogP contribution in [0.25, 0.3) is 0 Å². The van der Waals surface area contributed by atoms with Crippen LogP contribution in [0, 0.1) is 0 Å². The van der Waals surface area contributed by atoms with Gasteiger partial charge >= 0.3 is 0 Å². The van der Waals surface area contributed by atoms with E-state index in [1.165, 1.54) is 0 Å². The Balaban J connectivity index is 3.76. The summed E-state index contributed by atoms with van der Waals surface area (Å²) in [4.78, 5) is 0. The maximum Gasteiger partial charge on any atom is 0.277 e. The van der Waals surface area contributed by atoms with E-state index in [-0.39, 0.29) is 0 Å². The molecule has 0 aliphatic heterocycles. The molecule has 0 saturated carbocycles. The molecule has 98 valence electrons. The van der Waals surface area contributed by atoms with Crippen LogP contribution in [0.4, 0.5) is 0 Å². The molecule has 5 nitrogen and oxygen atoms in total. The van der Waals surface area contributed by atoms with E-state index in [2.05, 4.69) is 28.6 Å². The molecule has 0 heterocycles. The Morgan fingerprint density at radius 1 is 1.12 bits per heavy atom. The Bertz CT molecular complexity index is 281. The standard InChI is InChI=1S/C10H25N3O2S/c1-9(2)11-7-6-8-12-16(14,15)13-10(3,4)5/h9,11-13H,6-8H2,1-5H3. The van der Waals surface area contributed by atoms with Gasteiger partial charge < -0.3 is 5.32 Å². The van der Waals surface area contributed by atoms with Crippen molar-refractivity contribution >= 4 is 10.2 Å². The monoisotopic (exact) mass is 251 g/mol. The molecule has 0 spiro atoms. The molecule has 0 aromatic carbocycles. The maximum absolute atomic E-state index is 11.5. The highest BCUT2D eigenvalue weighted by molar-refractivity contribution is 7.87. The van der Waals surface area contributed by atoms with Gasteiger partial charge in [0.15, 0.2) is 0 Å². The molecule has 0 atom stereocenters. The lowest BCUT2D eigenvalue weighted by Gasteiger charge is -2.20. The second-order valence-corrected chi connectivity index (χ2v) is 6.71. The van der Waals surface area contributed by atoms with Crippen LogP contribution in [-0.4, -0.2) is 33.1 Å². The number of hydrogen-bond acceptors (Lipinski definition) is 3. The van der Waals surface area contributed by atoms with Crippen LogP contribution >= 0.6 is 0 Å². The van der Waals surface area contributed by atoms with E-state index >= 15 is 0 Å². The van der Waals surface area contributed by atoms with E-state index < -0.39 is 15.7 Å². The second kappa shape index (κ2) is 6.54. The Morgan fingerprint density at radius 3 is 2.12 bits per heavy atom. The van der Waals surface area contributed by atoms with Crippen LogP contribution in [-0.2, 0) is 10.2 Å². The molecular weight excluding hydrogens is 226 g/mol. The highest BCUT2D eigenvalue weighted by Crippen LogP contribution is 2.00. The van der Waals surface area contributed by atoms with Gasteiger partial charge in [0, 0.05) is 18.1 Å². The summed E-state index contributed by atoms with van der Waals surface area (Å²) in [6.45, 7) is 10.8. The molecule has 0 rings (SSSR count). The summed E-state index contributed by atoms with van der Waals surface area (Å²) in [6.07, 6.45) is 0.781. The minimum absolute atomic E-state index is 0.435. The fraction of sp³-hybridized carbons (Fsp3) is 1.00. The van der Waals surface area contributed by atoms with Gasteiger partial charge in [-0.15, -0.1) is 0 Å². The zero-order chi connectivity index (χ0) is 12.8. The van der Waals surface area contributed by atoms with Crippen LogP contribution in [0.5, 0.6) is 0 Å². The minimum atomic E-state index is -3.37. The third kappa shape index (κ3) is 10.4. The summed E-state index contributed by atoms with van der Waals surface area (Å²) >= 11 is 0. The summed E-state index contributed by atoms with van der Waals surface area (Å²) in [6, 6.07) is 0.435. The molecule has 6 heteroatoms. The Hall–Kier alpha value is -0.170. The van der Waals surface area contributed by atoms with Crippen LogP contribution < -0.4 is 14.8 Å². The summed E-state index contributed by atoms with van der Waals surface area (Å²) < 4.78 is 28.0. The molecule has 0 aromatic rings. The molecule has 0 radical (unpaired) electrons. The first kappa shape index (κ1) is 15.8. The molecular formula is C10H25N3O2S. The first-order chi connectivity index (χ1) is 7.12. The molecule has 0 aliphatic carbocycles. The highest BCUT2D eigenvalue weighted by atomic mass is 32.2. The first-order valence-electron chi connectivity index (χ1n) is 5.64. The largest absolute Gasteiger partial charge is 0.314 e. The van der Waals surface area contributed by atoms with Gasteiger partial charge in [-0.3, -0.25) is 0 Å². The predicted molar refractivity (Wildman–Crippen MR) is 67.6 cm³/mol. The average molecular weight is 251 g/mol. The lowest BCUT2D eigenvalue weighted by atomic mass is 10.1. The molecule has 0 amide bonds. The smallest absolute Gasteiger partial charge is 0.277 e. The Labute approximate surface area is 99.6 Å². The predicted octanol–water partition coefficient (Wildman–Crippen LogP) is 0.597.